The number of nitrogens with one attached hydrogen (secondary N) is 2. The highest BCUT2D eigenvalue weighted by atomic mass is 16.6. The van der Waals surface area contributed by atoms with Gasteiger partial charge >= 0.3 is 5.97 Å². The van der Waals surface area contributed by atoms with Crippen molar-refractivity contribution in [3.63, 3.8) is 0 Å². The number of H-pyrrole nitrogens is 1. The van der Waals surface area contributed by atoms with Gasteiger partial charge in [-0.25, -0.2) is 19.7 Å². The lowest BCUT2D eigenvalue weighted by molar-refractivity contribution is -0.385. The quantitative estimate of drug-likeness (QED) is 0.262. The van der Waals surface area contributed by atoms with Gasteiger partial charge in [-0.05, 0) is 18.2 Å². The summed E-state index contributed by atoms with van der Waals surface area (Å²) < 4.78 is 0. The lowest BCUT2D eigenvalue weighted by Gasteiger charge is -2.14. The number of anilines is 1. The summed E-state index contributed by atoms with van der Waals surface area (Å²) in [4.78, 5) is 51.8. The molecule has 0 aliphatic heterocycles. The Bertz CT molecular complexity index is 1260. The van der Waals surface area contributed by atoms with E-state index in [2.05, 4.69) is 30.2 Å². The number of carboxylic acid groups (broad SMARTS) is 1. The molecule has 0 radical (unpaired) electrons. The van der Waals surface area contributed by atoms with Gasteiger partial charge in [0.1, 0.15) is 11.8 Å². The van der Waals surface area contributed by atoms with Crippen LogP contribution in [0.2, 0.25) is 0 Å². The average molecular weight is 436 g/mol. The Morgan fingerprint density at radius 3 is 2.59 bits per heavy atom. The molecule has 3 aromatic heterocycles. The summed E-state index contributed by atoms with van der Waals surface area (Å²) >= 11 is 0. The first kappa shape index (κ1) is 21.8. The number of aromatic amines is 1. The van der Waals surface area contributed by atoms with Crippen molar-refractivity contribution in [2.75, 3.05) is 5.73 Å². The van der Waals surface area contributed by atoms with E-state index >= 15 is 0 Å². The minimum absolute atomic E-state index is 0.0998. The van der Waals surface area contributed by atoms with Crippen LogP contribution < -0.4 is 11.1 Å². The van der Waals surface area contributed by atoms with Crippen LogP contribution in [0, 0.1) is 10.1 Å². The molecule has 0 fully saturated rings. The SMILES string of the molecule is Nc1ncnc2nc[nH]c12.O=C(NC(C(=O)O)c1ccccc1[N+](=O)[O-])c1cccnc1. The highest BCUT2D eigenvalue weighted by Crippen LogP contribution is 2.25. The molecule has 3 heterocycles. The third kappa shape index (κ3) is 4.96. The molecule has 13 heteroatoms. The van der Waals surface area contributed by atoms with Gasteiger partial charge in [-0.1, -0.05) is 12.1 Å². The van der Waals surface area contributed by atoms with Crippen LogP contribution in [-0.2, 0) is 4.79 Å². The lowest BCUT2D eigenvalue weighted by Crippen LogP contribution is -2.34. The predicted octanol–water partition coefficient (Wildman–Crippen LogP) is 1.48. The maximum atomic E-state index is 12.0. The van der Waals surface area contributed by atoms with E-state index in [-0.39, 0.29) is 16.8 Å². The maximum absolute atomic E-state index is 12.0. The summed E-state index contributed by atoms with van der Waals surface area (Å²) in [6, 6.07) is 6.81. The number of hydrogen-bond donors (Lipinski definition) is 4. The molecule has 0 aliphatic rings. The van der Waals surface area contributed by atoms with Crippen LogP contribution in [-0.4, -0.2) is 46.8 Å². The lowest BCUT2D eigenvalue weighted by atomic mass is 10.0. The number of aliphatic carboxylic acids is 1. The Hall–Kier alpha value is -4.94. The van der Waals surface area contributed by atoms with Crippen molar-refractivity contribution in [2.45, 2.75) is 6.04 Å². The van der Waals surface area contributed by atoms with Crippen LogP contribution in [0.25, 0.3) is 11.2 Å². The standard InChI is InChI=1S/C14H11N3O5.C5H5N5/c18-13(9-4-3-7-15-8-9)16-12(14(19)20)10-5-1-2-6-11(10)17(21)22;6-4-3-5(9-1-7-3)10-2-8-4/h1-8,12H,(H,16,18)(H,19,20);1-2H,(H3,6,7,8,9,10). The number of nitrogens with zero attached hydrogens (tertiary/aromatic N) is 5. The minimum atomic E-state index is -1.53. The number of nitro groups is 1. The molecule has 0 saturated carbocycles. The zero-order valence-corrected chi connectivity index (χ0v) is 16.2. The summed E-state index contributed by atoms with van der Waals surface area (Å²) in [5.74, 6) is -1.65. The van der Waals surface area contributed by atoms with Gasteiger partial charge in [0.25, 0.3) is 11.6 Å². The molecule has 0 saturated heterocycles. The predicted molar refractivity (Wildman–Crippen MR) is 111 cm³/mol. The van der Waals surface area contributed by atoms with Crippen LogP contribution in [0.5, 0.6) is 0 Å². The molecule has 5 N–H and O–H groups in total. The van der Waals surface area contributed by atoms with Gasteiger partial charge in [0.05, 0.1) is 22.4 Å². The highest BCUT2D eigenvalue weighted by molar-refractivity contribution is 5.96. The van der Waals surface area contributed by atoms with E-state index in [9.17, 15) is 24.8 Å². The van der Waals surface area contributed by atoms with Crippen molar-refractivity contribution in [3.05, 3.63) is 82.7 Å². The first-order valence-electron chi connectivity index (χ1n) is 8.95. The van der Waals surface area contributed by atoms with Crippen LogP contribution in [0.3, 0.4) is 0 Å². The zero-order chi connectivity index (χ0) is 23.1. The van der Waals surface area contributed by atoms with E-state index in [4.69, 9.17) is 5.73 Å². The largest absolute Gasteiger partial charge is 0.479 e. The molecule has 162 valence electrons. The van der Waals surface area contributed by atoms with Crippen molar-refractivity contribution < 1.29 is 19.6 Å². The molecule has 4 aromatic rings. The minimum Gasteiger partial charge on any atom is -0.479 e. The molecule has 0 bridgehead atoms. The van der Waals surface area contributed by atoms with Crippen molar-refractivity contribution in [1.29, 1.82) is 0 Å². The van der Waals surface area contributed by atoms with E-state index in [1.54, 1.807) is 0 Å². The molecule has 13 nitrogen and oxygen atoms in total. The number of nitrogens with two attached hydrogens (primary N) is 1. The number of carboxylic acids is 1. The molecular weight excluding hydrogens is 420 g/mol. The number of nitro benzene ring substituents is 1. The number of nitrogen functional groups attached to an aromatic ring is 1. The highest BCUT2D eigenvalue weighted by Gasteiger charge is 2.29. The van der Waals surface area contributed by atoms with E-state index in [1.165, 1.54) is 61.4 Å². The van der Waals surface area contributed by atoms with Crippen LogP contribution in [0.1, 0.15) is 22.0 Å². The van der Waals surface area contributed by atoms with E-state index in [0.29, 0.717) is 17.0 Å². The van der Waals surface area contributed by atoms with Gasteiger partial charge in [-0.3, -0.25) is 19.9 Å². The number of para-hydroxylation sites is 1. The second-order valence-electron chi connectivity index (χ2n) is 6.16. The van der Waals surface area contributed by atoms with Crippen LogP contribution in [0.4, 0.5) is 11.5 Å². The normalized spacial score (nSPS) is 11.1. The first-order chi connectivity index (χ1) is 15.4. The molecule has 0 spiro atoms. The number of rotatable bonds is 5. The number of carbonyl (C=O) groups excluding carboxylic acids is 1. The second kappa shape index (κ2) is 9.71. The molecule has 32 heavy (non-hydrogen) atoms. The number of hydrogen-bond acceptors (Lipinski definition) is 9. The van der Waals surface area contributed by atoms with E-state index < -0.39 is 22.8 Å². The van der Waals surface area contributed by atoms with E-state index in [0.717, 1.165) is 0 Å². The molecular formula is C19H16N8O5. The number of pyridine rings is 1. The monoisotopic (exact) mass is 436 g/mol. The number of aromatic nitrogens is 5. The molecule has 1 unspecified atom stereocenters. The number of amides is 1. The topological polar surface area (TPSA) is 203 Å². The summed E-state index contributed by atoms with van der Waals surface area (Å²) in [5.41, 5.74) is 6.47. The zero-order valence-electron chi connectivity index (χ0n) is 16.2. The number of imidazole rings is 1. The van der Waals surface area contributed by atoms with Gasteiger partial charge < -0.3 is 21.1 Å². The van der Waals surface area contributed by atoms with Crippen LogP contribution in [0.15, 0.2) is 61.4 Å². The Morgan fingerprint density at radius 1 is 1.16 bits per heavy atom. The second-order valence-corrected chi connectivity index (χ2v) is 6.16. The fourth-order valence-electron chi connectivity index (χ4n) is 2.67. The van der Waals surface area contributed by atoms with Crippen molar-refractivity contribution in [3.8, 4) is 0 Å². The fourth-order valence-corrected chi connectivity index (χ4v) is 2.67. The number of fused-ring (bicyclic) bond motifs is 1. The molecule has 1 aromatic carbocycles. The first-order valence-corrected chi connectivity index (χ1v) is 8.95. The molecule has 4 rings (SSSR count). The van der Waals surface area contributed by atoms with Crippen molar-refractivity contribution >= 4 is 34.5 Å². The maximum Gasteiger partial charge on any atom is 0.331 e. The summed E-state index contributed by atoms with van der Waals surface area (Å²) in [7, 11) is 0. The number of carbonyl (C=O) groups is 2. The molecule has 1 amide bonds. The average Bonchev–Trinajstić information content (AvgIpc) is 3.28. The van der Waals surface area contributed by atoms with Gasteiger partial charge in [0.15, 0.2) is 17.5 Å². The summed E-state index contributed by atoms with van der Waals surface area (Å²) in [5, 5.41) is 22.5. The third-order valence-corrected chi connectivity index (χ3v) is 4.14. The Balaban J connectivity index is 0.000000238. The smallest absolute Gasteiger partial charge is 0.331 e. The Kier molecular flexibility index (Phi) is 6.60. The van der Waals surface area contributed by atoms with Gasteiger partial charge in [0, 0.05) is 18.5 Å². The molecule has 1 atom stereocenters. The van der Waals surface area contributed by atoms with Crippen molar-refractivity contribution in [1.82, 2.24) is 30.2 Å². The summed E-state index contributed by atoms with van der Waals surface area (Å²) in [6.07, 6.45) is 5.66. The van der Waals surface area contributed by atoms with Gasteiger partial charge in [-0.2, -0.15) is 0 Å². The van der Waals surface area contributed by atoms with Gasteiger partial charge in [-0.15, -0.1) is 0 Å². The van der Waals surface area contributed by atoms with E-state index in [1.807, 2.05) is 0 Å². The summed E-state index contributed by atoms with van der Waals surface area (Å²) in [6.45, 7) is 0. The molecule has 0 aliphatic carbocycles. The number of benzene rings is 1. The Morgan fingerprint density at radius 2 is 1.94 bits per heavy atom. The Labute approximate surface area is 179 Å². The van der Waals surface area contributed by atoms with Crippen LogP contribution >= 0.6 is 0 Å². The fraction of sp³-hybridized carbons (Fsp3) is 0.0526. The van der Waals surface area contributed by atoms with Gasteiger partial charge in [0.2, 0.25) is 0 Å². The third-order valence-electron chi connectivity index (χ3n) is 4.14. The van der Waals surface area contributed by atoms with Crippen molar-refractivity contribution in [2.24, 2.45) is 0 Å².